The normalized spacial score (nSPS) is 13.1. The van der Waals surface area contributed by atoms with Crippen molar-refractivity contribution in [3.8, 4) is 5.75 Å². The van der Waals surface area contributed by atoms with E-state index in [-0.39, 0.29) is 16.9 Å². The Bertz CT molecular complexity index is 894. The molecule has 0 aromatic heterocycles. The summed E-state index contributed by atoms with van der Waals surface area (Å²) in [7, 11) is 0. The number of benzene rings is 2. The molecule has 29 heavy (non-hydrogen) atoms. The van der Waals surface area contributed by atoms with E-state index in [0.717, 1.165) is 32.4 Å². The van der Waals surface area contributed by atoms with Gasteiger partial charge < -0.3 is 15.0 Å². The van der Waals surface area contributed by atoms with Crippen LogP contribution in [0.15, 0.2) is 48.5 Å². The zero-order valence-electron chi connectivity index (χ0n) is 16.4. The fourth-order valence-corrected chi connectivity index (χ4v) is 3.37. The fraction of sp³-hybridized carbons (Fsp3) is 0.318. The van der Waals surface area contributed by atoms with E-state index >= 15 is 0 Å². The molecular formula is C22H25N3O3S. The van der Waals surface area contributed by atoms with Crippen molar-refractivity contribution in [2.24, 2.45) is 0 Å². The summed E-state index contributed by atoms with van der Waals surface area (Å²) in [5.41, 5.74) is 1.67. The van der Waals surface area contributed by atoms with Gasteiger partial charge in [0.2, 0.25) is 0 Å². The van der Waals surface area contributed by atoms with Gasteiger partial charge in [0.15, 0.2) is 5.11 Å². The van der Waals surface area contributed by atoms with Crippen LogP contribution in [0.4, 0.5) is 5.69 Å². The number of nitrogens with one attached hydrogen (secondary N) is 2. The third-order valence-corrected chi connectivity index (χ3v) is 4.79. The Labute approximate surface area is 176 Å². The number of hydrogen-bond acceptors (Lipinski definition) is 4. The van der Waals surface area contributed by atoms with Gasteiger partial charge in [-0.05, 0) is 61.8 Å². The Morgan fingerprint density at radius 2 is 1.86 bits per heavy atom. The van der Waals surface area contributed by atoms with E-state index < -0.39 is 0 Å². The number of amides is 2. The van der Waals surface area contributed by atoms with E-state index in [4.69, 9.17) is 17.0 Å². The van der Waals surface area contributed by atoms with Gasteiger partial charge in [0.25, 0.3) is 11.8 Å². The van der Waals surface area contributed by atoms with Crippen LogP contribution in [-0.4, -0.2) is 41.5 Å². The molecule has 1 aliphatic rings. The highest BCUT2D eigenvalue weighted by Crippen LogP contribution is 2.19. The maximum absolute atomic E-state index is 12.6. The van der Waals surface area contributed by atoms with Crippen LogP contribution in [0.1, 0.15) is 46.9 Å². The topological polar surface area (TPSA) is 70.7 Å². The van der Waals surface area contributed by atoms with Crippen molar-refractivity contribution in [1.29, 1.82) is 0 Å². The third kappa shape index (κ3) is 5.54. The van der Waals surface area contributed by atoms with Gasteiger partial charge in [0.1, 0.15) is 5.75 Å². The molecule has 2 aromatic rings. The SMILES string of the molecule is CCCOc1ccccc1C(=O)NC(=S)Nc1cccc(C(=O)N2CCCC2)c1. The van der Waals surface area contributed by atoms with Crippen LogP contribution in [0.25, 0.3) is 0 Å². The molecule has 2 N–H and O–H groups in total. The number of ether oxygens (including phenoxy) is 1. The largest absolute Gasteiger partial charge is 0.493 e. The summed E-state index contributed by atoms with van der Waals surface area (Å²) in [5.74, 6) is 0.189. The fourth-order valence-electron chi connectivity index (χ4n) is 3.16. The molecule has 2 amide bonds. The molecule has 1 saturated heterocycles. The second-order valence-corrected chi connectivity index (χ2v) is 7.24. The zero-order chi connectivity index (χ0) is 20.6. The van der Waals surface area contributed by atoms with Crippen LogP contribution in [0.2, 0.25) is 0 Å². The van der Waals surface area contributed by atoms with Crippen molar-refractivity contribution >= 4 is 34.8 Å². The molecule has 6 nitrogen and oxygen atoms in total. The molecule has 1 aliphatic heterocycles. The van der Waals surface area contributed by atoms with Crippen molar-refractivity contribution in [1.82, 2.24) is 10.2 Å². The molecule has 0 radical (unpaired) electrons. The van der Waals surface area contributed by atoms with E-state index in [2.05, 4.69) is 10.6 Å². The maximum Gasteiger partial charge on any atom is 0.261 e. The second-order valence-electron chi connectivity index (χ2n) is 6.83. The molecule has 1 heterocycles. The average molecular weight is 412 g/mol. The molecule has 152 valence electrons. The first-order valence-corrected chi connectivity index (χ1v) is 10.2. The summed E-state index contributed by atoms with van der Waals surface area (Å²) in [6.07, 6.45) is 2.94. The molecule has 7 heteroatoms. The first-order valence-electron chi connectivity index (χ1n) is 9.82. The number of carbonyl (C=O) groups excluding carboxylic acids is 2. The molecular weight excluding hydrogens is 386 g/mol. The molecule has 0 aliphatic carbocycles. The zero-order valence-corrected chi connectivity index (χ0v) is 17.3. The first-order chi connectivity index (χ1) is 14.1. The predicted octanol–water partition coefficient (Wildman–Crippen LogP) is 3.84. The van der Waals surface area contributed by atoms with Gasteiger partial charge in [0.05, 0.1) is 12.2 Å². The average Bonchev–Trinajstić information content (AvgIpc) is 3.27. The van der Waals surface area contributed by atoms with Crippen molar-refractivity contribution in [2.75, 3.05) is 25.0 Å². The van der Waals surface area contributed by atoms with Crippen LogP contribution in [-0.2, 0) is 0 Å². The van der Waals surface area contributed by atoms with E-state index in [1.54, 1.807) is 42.5 Å². The number of thiocarbonyl (C=S) groups is 1. The molecule has 0 spiro atoms. The van der Waals surface area contributed by atoms with E-state index in [1.165, 1.54) is 0 Å². The molecule has 0 saturated carbocycles. The number of rotatable bonds is 6. The lowest BCUT2D eigenvalue weighted by Crippen LogP contribution is -2.34. The molecule has 1 fully saturated rings. The van der Waals surface area contributed by atoms with Gasteiger partial charge in [-0.25, -0.2) is 0 Å². The number of carbonyl (C=O) groups is 2. The highest BCUT2D eigenvalue weighted by atomic mass is 32.1. The number of hydrogen-bond donors (Lipinski definition) is 2. The van der Waals surface area contributed by atoms with E-state index in [1.807, 2.05) is 17.9 Å². The highest BCUT2D eigenvalue weighted by Gasteiger charge is 2.20. The summed E-state index contributed by atoms with van der Waals surface area (Å²) in [6, 6.07) is 14.2. The van der Waals surface area contributed by atoms with Gasteiger partial charge >= 0.3 is 0 Å². The van der Waals surface area contributed by atoms with Crippen molar-refractivity contribution in [3.05, 3.63) is 59.7 Å². The molecule has 0 atom stereocenters. The summed E-state index contributed by atoms with van der Waals surface area (Å²) in [4.78, 5) is 27.0. The minimum atomic E-state index is -0.349. The lowest BCUT2D eigenvalue weighted by atomic mass is 10.1. The monoisotopic (exact) mass is 411 g/mol. The van der Waals surface area contributed by atoms with Crippen LogP contribution in [0.5, 0.6) is 5.75 Å². The van der Waals surface area contributed by atoms with Crippen LogP contribution in [0.3, 0.4) is 0 Å². The van der Waals surface area contributed by atoms with Gasteiger partial charge in [-0.2, -0.15) is 0 Å². The van der Waals surface area contributed by atoms with E-state index in [0.29, 0.717) is 29.2 Å². The van der Waals surface area contributed by atoms with Gasteiger partial charge in [-0.1, -0.05) is 25.1 Å². The lowest BCUT2D eigenvalue weighted by molar-refractivity contribution is 0.0792. The Balaban J connectivity index is 1.63. The first kappa shape index (κ1) is 20.8. The van der Waals surface area contributed by atoms with Crippen molar-refractivity contribution in [3.63, 3.8) is 0 Å². The Kier molecular flexibility index (Phi) is 7.19. The summed E-state index contributed by atoms with van der Waals surface area (Å²) >= 11 is 5.28. The minimum absolute atomic E-state index is 0.0168. The summed E-state index contributed by atoms with van der Waals surface area (Å²) in [6.45, 7) is 4.13. The molecule has 3 rings (SSSR count). The smallest absolute Gasteiger partial charge is 0.261 e. The molecule has 2 aromatic carbocycles. The van der Waals surface area contributed by atoms with Crippen LogP contribution in [0, 0.1) is 0 Å². The Hall–Kier alpha value is -2.93. The number of likely N-dealkylation sites (tertiary alicyclic amines) is 1. The van der Waals surface area contributed by atoms with Crippen LogP contribution >= 0.6 is 12.2 Å². The second kappa shape index (κ2) is 10.0. The van der Waals surface area contributed by atoms with Crippen LogP contribution < -0.4 is 15.4 Å². The third-order valence-electron chi connectivity index (χ3n) is 4.58. The summed E-state index contributed by atoms with van der Waals surface area (Å²) < 4.78 is 5.63. The lowest BCUT2D eigenvalue weighted by Gasteiger charge is -2.16. The maximum atomic E-state index is 12.6. The predicted molar refractivity (Wildman–Crippen MR) is 117 cm³/mol. The standard InChI is InChI=1S/C22H25N3O3S/c1-2-14-28-19-11-4-3-10-18(19)20(26)24-22(29)23-17-9-7-8-16(15-17)21(27)25-12-5-6-13-25/h3-4,7-11,15H,2,5-6,12-14H2,1H3,(H2,23,24,26,29). The van der Waals surface area contributed by atoms with Crippen molar-refractivity contribution in [2.45, 2.75) is 26.2 Å². The highest BCUT2D eigenvalue weighted by molar-refractivity contribution is 7.80. The van der Waals surface area contributed by atoms with Gasteiger partial charge in [-0.15, -0.1) is 0 Å². The summed E-state index contributed by atoms with van der Waals surface area (Å²) in [5, 5.41) is 5.81. The number of para-hydroxylation sites is 1. The number of anilines is 1. The van der Waals surface area contributed by atoms with Gasteiger partial charge in [-0.3, -0.25) is 14.9 Å². The minimum Gasteiger partial charge on any atom is -0.493 e. The van der Waals surface area contributed by atoms with Gasteiger partial charge in [0, 0.05) is 24.3 Å². The number of nitrogens with zero attached hydrogens (tertiary/aromatic N) is 1. The Morgan fingerprint density at radius 3 is 2.62 bits per heavy atom. The Morgan fingerprint density at radius 1 is 1.10 bits per heavy atom. The van der Waals surface area contributed by atoms with Crippen molar-refractivity contribution < 1.29 is 14.3 Å². The molecule has 0 bridgehead atoms. The quantitative estimate of drug-likeness (QED) is 0.707. The molecule has 0 unspecified atom stereocenters. The van der Waals surface area contributed by atoms with E-state index in [9.17, 15) is 9.59 Å².